The van der Waals surface area contributed by atoms with E-state index in [4.69, 9.17) is 0 Å². The van der Waals surface area contributed by atoms with Gasteiger partial charge in [0.15, 0.2) is 0 Å². The van der Waals surface area contributed by atoms with Gasteiger partial charge in [-0.25, -0.2) is 0 Å². The van der Waals surface area contributed by atoms with Crippen LogP contribution in [0, 0.1) is 34.5 Å². The molecule has 0 saturated heterocycles. The van der Waals surface area contributed by atoms with Gasteiger partial charge in [-0.1, -0.05) is 32.9 Å². The van der Waals surface area contributed by atoms with Crippen molar-refractivity contribution in [1.29, 1.82) is 0 Å². The van der Waals surface area contributed by atoms with Gasteiger partial charge in [0.2, 0.25) is 0 Å². The zero-order valence-electron chi connectivity index (χ0n) is 16.6. The maximum Gasteiger partial charge on any atom is 0.0544 e. The molecule has 3 heteroatoms. The summed E-state index contributed by atoms with van der Waals surface area (Å²) in [4.78, 5) is 0. The molecule has 0 amide bonds. The van der Waals surface area contributed by atoms with Crippen LogP contribution in [0.25, 0.3) is 0 Å². The summed E-state index contributed by atoms with van der Waals surface area (Å²) >= 11 is 0. The van der Waals surface area contributed by atoms with Crippen LogP contribution in [0.2, 0.25) is 0 Å². The molecule has 2 unspecified atom stereocenters. The van der Waals surface area contributed by atoms with Gasteiger partial charge in [-0.15, -0.1) is 0 Å². The lowest BCUT2D eigenvalue weighted by molar-refractivity contribution is -0.0932. The molecule has 0 spiro atoms. The van der Waals surface area contributed by atoms with Crippen LogP contribution in [0.15, 0.2) is 12.2 Å². The summed E-state index contributed by atoms with van der Waals surface area (Å²) in [5.74, 6) is 2.26. The summed E-state index contributed by atoms with van der Waals surface area (Å²) < 4.78 is 0. The minimum atomic E-state index is -0.224. The predicted molar refractivity (Wildman–Crippen MR) is 103 cm³/mol. The number of hydrogen-bond acceptors (Lipinski definition) is 3. The van der Waals surface area contributed by atoms with Crippen LogP contribution in [-0.2, 0) is 0 Å². The molecule has 3 saturated carbocycles. The molecule has 0 heterocycles. The van der Waals surface area contributed by atoms with Crippen molar-refractivity contribution in [2.75, 3.05) is 19.7 Å². The number of fused-ring (bicyclic) bond motifs is 1. The minimum Gasteiger partial charge on any atom is -0.396 e. The van der Waals surface area contributed by atoms with Crippen molar-refractivity contribution in [2.24, 2.45) is 34.5 Å². The molecule has 3 nitrogen and oxygen atoms in total. The van der Waals surface area contributed by atoms with Crippen LogP contribution >= 0.6 is 0 Å². The molecular formula is C22H39NO2. The quantitative estimate of drug-likeness (QED) is 0.663. The fourth-order valence-electron chi connectivity index (χ4n) is 6.78. The maximum absolute atomic E-state index is 10.1. The van der Waals surface area contributed by atoms with E-state index in [1.807, 2.05) is 0 Å². The Balaban J connectivity index is 1.89. The van der Waals surface area contributed by atoms with Gasteiger partial charge in [-0.05, 0) is 92.5 Å². The third-order valence-corrected chi connectivity index (χ3v) is 8.59. The Kier molecular flexibility index (Phi) is 5.68. The lowest BCUT2D eigenvalue weighted by Gasteiger charge is -2.56. The Morgan fingerprint density at radius 3 is 2.60 bits per heavy atom. The lowest BCUT2D eigenvalue weighted by atomic mass is 9.49. The van der Waals surface area contributed by atoms with Gasteiger partial charge < -0.3 is 15.5 Å². The Hall–Kier alpha value is -0.380. The summed E-state index contributed by atoms with van der Waals surface area (Å²) in [6.07, 6.45) is 7.46. The molecule has 0 bridgehead atoms. The van der Waals surface area contributed by atoms with Gasteiger partial charge in [0, 0.05) is 6.61 Å². The number of aliphatic hydroxyl groups excluding tert-OH is 2. The molecule has 3 aliphatic rings. The van der Waals surface area contributed by atoms with Crippen LogP contribution in [0.5, 0.6) is 0 Å². The molecule has 3 fully saturated rings. The Bertz CT molecular complexity index is 492. The van der Waals surface area contributed by atoms with Crippen molar-refractivity contribution in [3.05, 3.63) is 12.2 Å². The monoisotopic (exact) mass is 349 g/mol. The highest BCUT2D eigenvalue weighted by Crippen LogP contribution is 2.63. The standard InChI is InChI=1S/C22H39NO2/c1-5-23-13-18-19-7-6-15(2)21(19,3)11-9-20(18)22(4)10-8-17(25)12-16(22)14-24/h16-20,23-25H,2,5-14H2,1,3-4H3/t16-,17+,18-,19?,20?,21+,22+/m1/s1. The first-order chi connectivity index (χ1) is 11.9. The zero-order valence-corrected chi connectivity index (χ0v) is 16.6. The molecule has 0 aromatic heterocycles. The minimum absolute atomic E-state index is 0.152. The van der Waals surface area contributed by atoms with E-state index in [0.29, 0.717) is 17.3 Å². The SMILES string of the molecule is C=C1CCC2[C@@H](CNCC)C([C@@]3(C)CC[C@H](O)C[C@@H]3CO)CC[C@@]12C. The summed E-state index contributed by atoms with van der Waals surface area (Å²) in [5, 5.41) is 23.9. The first kappa shape index (κ1) is 19.4. The fourth-order valence-corrected chi connectivity index (χ4v) is 6.78. The molecule has 7 atom stereocenters. The molecule has 0 aromatic rings. The summed E-state index contributed by atoms with van der Waals surface area (Å²) in [7, 11) is 0. The van der Waals surface area contributed by atoms with Gasteiger partial charge in [-0.3, -0.25) is 0 Å². The zero-order chi connectivity index (χ0) is 18.2. The highest BCUT2D eigenvalue weighted by atomic mass is 16.3. The Labute approximate surface area is 154 Å². The van der Waals surface area contributed by atoms with Crippen molar-refractivity contribution in [2.45, 2.75) is 71.8 Å². The van der Waals surface area contributed by atoms with E-state index in [1.165, 1.54) is 31.3 Å². The molecule has 3 N–H and O–H groups in total. The van der Waals surface area contributed by atoms with Gasteiger partial charge in [-0.2, -0.15) is 0 Å². The fraction of sp³-hybridized carbons (Fsp3) is 0.909. The molecule has 0 radical (unpaired) electrons. The van der Waals surface area contributed by atoms with Crippen molar-refractivity contribution < 1.29 is 10.2 Å². The van der Waals surface area contributed by atoms with E-state index in [1.54, 1.807) is 0 Å². The van der Waals surface area contributed by atoms with E-state index >= 15 is 0 Å². The number of rotatable bonds is 5. The highest BCUT2D eigenvalue weighted by molar-refractivity contribution is 5.21. The van der Waals surface area contributed by atoms with Crippen LogP contribution in [0.1, 0.15) is 65.7 Å². The second kappa shape index (κ2) is 7.32. The van der Waals surface area contributed by atoms with Crippen molar-refractivity contribution in [3.8, 4) is 0 Å². The van der Waals surface area contributed by atoms with E-state index in [9.17, 15) is 10.2 Å². The van der Waals surface area contributed by atoms with Crippen LogP contribution in [0.4, 0.5) is 0 Å². The molecule has 3 rings (SSSR count). The van der Waals surface area contributed by atoms with Gasteiger partial charge in [0.05, 0.1) is 6.10 Å². The summed E-state index contributed by atoms with van der Waals surface area (Å²) in [6, 6.07) is 0. The van der Waals surface area contributed by atoms with Crippen molar-refractivity contribution in [1.82, 2.24) is 5.32 Å². The van der Waals surface area contributed by atoms with Crippen LogP contribution < -0.4 is 5.32 Å². The number of nitrogens with one attached hydrogen (secondary N) is 1. The summed E-state index contributed by atoms with van der Waals surface area (Å²) in [6.45, 7) is 13.8. The highest BCUT2D eigenvalue weighted by Gasteiger charge is 2.56. The number of hydrogen-bond donors (Lipinski definition) is 3. The molecule has 3 aliphatic carbocycles. The molecule has 0 aliphatic heterocycles. The van der Waals surface area contributed by atoms with Crippen molar-refractivity contribution >= 4 is 0 Å². The average Bonchev–Trinajstić information content (AvgIpc) is 2.90. The first-order valence-electron chi connectivity index (χ1n) is 10.5. The molecule has 0 aromatic carbocycles. The van der Waals surface area contributed by atoms with E-state index < -0.39 is 0 Å². The molecular weight excluding hydrogens is 310 g/mol. The third-order valence-electron chi connectivity index (χ3n) is 8.59. The summed E-state index contributed by atoms with van der Waals surface area (Å²) in [5.41, 5.74) is 1.94. The Morgan fingerprint density at radius 1 is 1.16 bits per heavy atom. The van der Waals surface area contributed by atoms with E-state index in [0.717, 1.165) is 38.3 Å². The predicted octanol–water partition coefficient (Wildman–Crippen LogP) is 3.75. The van der Waals surface area contributed by atoms with Gasteiger partial charge in [0.25, 0.3) is 0 Å². The lowest BCUT2D eigenvalue weighted by Crippen LogP contribution is -2.53. The third kappa shape index (κ3) is 3.21. The second-order valence-corrected chi connectivity index (χ2v) is 9.60. The molecule has 144 valence electrons. The number of aliphatic hydroxyl groups is 2. The van der Waals surface area contributed by atoms with E-state index in [2.05, 4.69) is 32.7 Å². The number of allylic oxidation sites excluding steroid dienone is 1. The van der Waals surface area contributed by atoms with Crippen molar-refractivity contribution in [3.63, 3.8) is 0 Å². The van der Waals surface area contributed by atoms with Crippen LogP contribution in [0.3, 0.4) is 0 Å². The smallest absolute Gasteiger partial charge is 0.0544 e. The molecule has 25 heavy (non-hydrogen) atoms. The Morgan fingerprint density at radius 2 is 1.92 bits per heavy atom. The maximum atomic E-state index is 10.1. The van der Waals surface area contributed by atoms with Gasteiger partial charge in [0.1, 0.15) is 0 Å². The topological polar surface area (TPSA) is 52.5 Å². The van der Waals surface area contributed by atoms with E-state index in [-0.39, 0.29) is 24.0 Å². The first-order valence-corrected chi connectivity index (χ1v) is 10.5. The van der Waals surface area contributed by atoms with Crippen LogP contribution in [-0.4, -0.2) is 36.0 Å². The normalized spacial score (nSPS) is 47.7. The average molecular weight is 350 g/mol. The second-order valence-electron chi connectivity index (χ2n) is 9.60. The largest absolute Gasteiger partial charge is 0.396 e. The van der Waals surface area contributed by atoms with Gasteiger partial charge >= 0.3 is 0 Å².